The summed E-state index contributed by atoms with van der Waals surface area (Å²) < 4.78 is 14.9. The molecule has 206 valence electrons. The van der Waals surface area contributed by atoms with Crippen LogP contribution in [0.4, 0.5) is 4.39 Å². The molecule has 3 rings (SSSR count). The number of nitrogens with one attached hydrogen (secondary N) is 2. The van der Waals surface area contributed by atoms with Gasteiger partial charge >= 0.3 is 0 Å². The predicted molar refractivity (Wildman–Crippen MR) is 170 cm³/mol. The molecule has 0 radical (unpaired) electrons. The topological polar surface area (TPSA) is 61.4 Å². The molecule has 2 aromatic rings. The van der Waals surface area contributed by atoms with E-state index in [4.69, 9.17) is 0 Å². The van der Waals surface area contributed by atoms with Crippen molar-refractivity contribution >= 4 is 40.3 Å². The summed E-state index contributed by atoms with van der Waals surface area (Å²) in [6.07, 6.45) is 11.0. The van der Waals surface area contributed by atoms with E-state index >= 15 is 0 Å². The average Bonchev–Trinajstić information content (AvgIpc) is 2.97. The number of nitrogens with zero attached hydrogens (tertiary/aromatic N) is 1. The molecule has 2 N–H and O–H groups in total. The zero-order valence-corrected chi connectivity index (χ0v) is 24.7. The molecule has 7 heteroatoms. The Hall–Kier alpha value is -3.98. The van der Waals surface area contributed by atoms with Crippen molar-refractivity contribution in [2.45, 2.75) is 19.3 Å². The largest absolute Gasteiger partial charge is 0.355 e. The van der Waals surface area contributed by atoms with E-state index in [-0.39, 0.29) is 11.8 Å². The van der Waals surface area contributed by atoms with Gasteiger partial charge in [0.25, 0.3) is 11.8 Å². The molecule has 1 aliphatic heterocycles. The minimum absolute atomic E-state index is 0.134. The second-order valence-electron chi connectivity index (χ2n) is 9.13. The number of halogens is 2. The van der Waals surface area contributed by atoms with E-state index in [1.807, 2.05) is 54.8 Å². The Kier molecular flexibility index (Phi) is 11.4. The Morgan fingerprint density at radius 2 is 1.77 bits per heavy atom. The van der Waals surface area contributed by atoms with Gasteiger partial charge in [-0.1, -0.05) is 68.3 Å². The lowest BCUT2D eigenvalue weighted by Crippen LogP contribution is -2.25. The van der Waals surface area contributed by atoms with E-state index < -0.39 is 5.83 Å². The molecular formula is C33H33FIN3O2. The lowest BCUT2D eigenvalue weighted by Gasteiger charge is -2.23. The lowest BCUT2D eigenvalue weighted by molar-refractivity contribution is -0.116. The van der Waals surface area contributed by atoms with Gasteiger partial charge in [0.05, 0.1) is 34.1 Å². The number of hydrogen-bond acceptors (Lipinski definition) is 3. The molecule has 2 aromatic carbocycles. The molecule has 1 heterocycles. The van der Waals surface area contributed by atoms with Crippen LogP contribution in [-0.2, 0) is 11.2 Å². The van der Waals surface area contributed by atoms with Crippen molar-refractivity contribution in [2.75, 3.05) is 13.6 Å². The number of aryl methyl sites for hydroxylation is 1. The molecule has 0 saturated heterocycles. The van der Waals surface area contributed by atoms with Crippen LogP contribution in [0.5, 0.6) is 0 Å². The standard InChI is InChI=1S/C33H33FIN3O2/c1-23(16-17-24(2)34)25(3)31(33(40)36-4)30-22-28(18-20-38(30)35)27-14-10-15-29(21-27)32(39)37-19-9-8-13-26-11-6-5-7-12-26/h5-7,10-12,14-18,20-22H,1-3,8-9,13,19H2,4H3,(H,36,40)(H,37,39)/b17-16-,31-30+. The summed E-state index contributed by atoms with van der Waals surface area (Å²) in [7, 11) is 1.53. The van der Waals surface area contributed by atoms with Gasteiger partial charge < -0.3 is 10.6 Å². The first-order valence-corrected chi connectivity index (χ1v) is 13.8. The van der Waals surface area contributed by atoms with Gasteiger partial charge in [0.2, 0.25) is 0 Å². The monoisotopic (exact) mass is 649 g/mol. The third-order valence-corrected chi connectivity index (χ3v) is 7.09. The number of hydrogen-bond donors (Lipinski definition) is 2. The van der Waals surface area contributed by atoms with Crippen molar-refractivity contribution < 1.29 is 14.0 Å². The normalized spacial score (nSPS) is 14.0. The molecule has 2 amide bonds. The zero-order chi connectivity index (χ0) is 29.1. The number of amides is 2. The van der Waals surface area contributed by atoms with Gasteiger partial charge in [-0.05, 0) is 77.5 Å². The predicted octanol–water partition coefficient (Wildman–Crippen LogP) is 7.15. The first kappa shape index (κ1) is 30.6. The minimum Gasteiger partial charge on any atom is -0.355 e. The van der Waals surface area contributed by atoms with E-state index in [1.54, 1.807) is 9.18 Å². The number of rotatable bonds is 12. The number of likely N-dealkylation sites (N-methyl/N-ethyl adjacent to an activating group) is 1. The fourth-order valence-electron chi connectivity index (χ4n) is 4.07. The van der Waals surface area contributed by atoms with Gasteiger partial charge in [-0.25, -0.2) is 4.39 Å². The second kappa shape index (κ2) is 15.0. The molecule has 0 spiro atoms. The van der Waals surface area contributed by atoms with Crippen LogP contribution in [0.15, 0.2) is 133 Å². The van der Waals surface area contributed by atoms with Gasteiger partial charge in [0.1, 0.15) is 5.83 Å². The Morgan fingerprint density at radius 3 is 2.48 bits per heavy atom. The summed E-state index contributed by atoms with van der Waals surface area (Å²) in [5.41, 5.74) is 5.08. The van der Waals surface area contributed by atoms with Gasteiger partial charge in [-0.15, -0.1) is 0 Å². The molecule has 0 fully saturated rings. The van der Waals surface area contributed by atoms with Crippen molar-refractivity contribution in [1.29, 1.82) is 0 Å². The molecule has 0 bridgehead atoms. The van der Waals surface area contributed by atoms with Crippen molar-refractivity contribution in [1.82, 2.24) is 13.7 Å². The van der Waals surface area contributed by atoms with Gasteiger partial charge in [0, 0.05) is 25.4 Å². The summed E-state index contributed by atoms with van der Waals surface area (Å²) in [5, 5.41) is 5.66. The maximum absolute atomic E-state index is 13.2. The lowest BCUT2D eigenvalue weighted by atomic mass is 9.94. The first-order chi connectivity index (χ1) is 19.2. The van der Waals surface area contributed by atoms with Crippen LogP contribution in [0.3, 0.4) is 0 Å². The summed E-state index contributed by atoms with van der Waals surface area (Å²) >= 11 is 2.08. The molecule has 5 nitrogen and oxygen atoms in total. The van der Waals surface area contributed by atoms with Crippen LogP contribution in [-0.4, -0.2) is 28.5 Å². The van der Waals surface area contributed by atoms with Crippen LogP contribution >= 0.6 is 22.9 Å². The Bertz CT molecular complexity index is 1420. The number of unbranched alkanes of at least 4 members (excludes halogenated alkanes) is 1. The second-order valence-corrected chi connectivity index (χ2v) is 10.2. The van der Waals surface area contributed by atoms with Crippen LogP contribution in [0, 0.1) is 0 Å². The molecule has 0 aliphatic carbocycles. The smallest absolute Gasteiger partial charge is 0.253 e. The summed E-state index contributed by atoms with van der Waals surface area (Å²) in [6.45, 7) is 11.8. The van der Waals surface area contributed by atoms with Gasteiger partial charge in [0.15, 0.2) is 0 Å². The van der Waals surface area contributed by atoms with E-state index in [0.29, 0.717) is 34.5 Å². The van der Waals surface area contributed by atoms with Crippen molar-refractivity contribution in [3.05, 3.63) is 150 Å². The Labute approximate surface area is 249 Å². The quantitative estimate of drug-likeness (QED) is 0.0845. The Balaban J connectivity index is 1.78. The van der Waals surface area contributed by atoms with E-state index in [9.17, 15) is 14.0 Å². The highest BCUT2D eigenvalue weighted by Crippen LogP contribution is 2.33. The maximum atomic E-state index is 13.2. The van der Waals surface area contributed by atoms with Crippen molar-refractivity contribution in [2.24, 2.45) is 0 Å². The summed E-state index contributed by atoms with van der Waals surface area (Å²) in [6, 6.07) is 17.7. The molecule has 0 saturated carbocycles. The number of benzene rings is 2. The third kappa shape index (κ3) is 8.51. The number of allylic oxidation sites excluding steroid dienone is 7. The van der Waals surface area contributed by atoms with E-state index in [1.165, 1.54) is 24.8 Å². The molecule has 0 aromatic heterocycles. The van der Waals surface area contributed by atoms with Crippen LogP contribution < -0.4 is 10.6 Å². The van der Waals surface area contributed by atoms with Gasteiger partial charge in [-0.2, -0.15) is 0 Å². The van der Waals surface area contributed by atoms with Crippen LogP contribution in [0.1, 0.15) is 34.3 Å². The fourth-order valence-corrected chi connectivity index (χ4v) is 4.61. The minimum atomic E-state index is -0.627. The highest BCUT2D eigenvalue weighted by atomic mass is 127. The molecular weight excluding hydrogens is 616 g/mol. The molecule has 0 unspecified atom stereocenters. The summed E-state index contributed by atoms with van der Waals surface area (Å²) in [5.74, 6) is -1.12. The van der Waals surface area contributed by atoms with Crippen LogP contribution in [0.25, 0.3) is 5.57 Å². The fraction of sp³-hybridized carbons (Fsp3) is 0.152. The summed E-state index contributed by atoms with van der Waals surface area (Å²) in [4.78, 5) is 25.8. The SMILES string of the molecule is C=C(F)/C=C\C(=C)C(=C)/C(C(=O)NC)=C1/C=C(c2cccc(C(=O)NCCCCc3ccccc3)c2)C=CN1I. The molecule has 40 heavy (non-hydrogen) atoms. The molecule has 0 atom stereocenters. The van der Waals surface area contributed by atoms with Crippen LogP contribution in [0.2, 0.25) is 0 Å². The number of carbonyl (C=O) groups is 2. The molecule has 1 aliphatic rings. The van der Waals surface area contributed by atoms with E-state index in [2.05, 4.69) is 65.4 Å². The number of carbonyl (C=O) groups excluding carboxylic acids is 2. The highest BCUT2D eigenvalue weighted by molar-refractivity contribution is 14.1. The van der Waals surface area contributed by atoms with Crippen molar-refractivity contribution in [3.63, 3.8) is 0 Å². The average molecular weight is 650 g/mol. The van der Waals surface area contributed by atoms with E-state index in [0.717, 1.165) is 30.4 Å². The third-order valence-electron chi connectivity index (χ3n) is 6.25. The maximum Gasteiger partial charge on any atom is 0.253 e. The highest BCUT2D eigenvalue weighted by Gasteiger charge is 2.23. The van der Waals surface area contributed by atoms with Gasteiger partial charge in [-0.3, -0.25) is 12.7 Å². The zero-order valence-electron chi connectivity index (χ0n) is 22.6. The van der Waals surface area contributed by atoms with Crippen molar-refractivity contribution in [3.8, 4) is 0 Å². The Morgan fingerprint density at radius 1 is 1.02 bits per heavy atom. The first-order valence-electron chi connectivity index (χ1n) is 12.9.